The molecule has 0 spiro atoms. The molecule has 2 amide bonds. The molecule has 1 aromatic carbocycles. The van der Waals surface area contributed by atoms with Gasteiger partial charge in [-0.3, -0.25) is 14.5 Å². The van der Waals surface area contributed by atoms with Gasteiger partial charge in [0.25, 0.3) is 0 Å². The molecule has 5 heteroatoms. The lowest BCUT2D eigenvalue weighted by molar-refractivity contribution is -0.124. The number of rotatable bonds is 2. The Kier molecular flexibility index (Phi) is 3.29. The molecule has 19 heavy (non-hydrogen) atoms. The summed E-state index contributed by atoms with van der Waals surface area (Å²) in [5.74, 6) is -0.641. The third-order valence-electron chi connectivity index (χ3n) is 3.68. The van der Waals surface area contributed by atoms with Gasteiger partial charge >= 0.3 is 0 Å². The van der Waals surface area contributed by atoms with Gasteiger partial charge < -0.3 is 4.74 Å². The highest BCUT2D eigenvalue weighted by molar-refractivity contribution is 6.30. The minimum Gasteiger partial charge on any atom is -0.377 e. The lowest BCUT2D eigenvalue weighted by atomic mass is 9.98. The van der Waals surface area contributed by atoms with Crippen LogP contribution in [0.15, 0.2) is 24.3 Å². The van der Waals surface area contributed by atoms with E-state index in [4.69, 9.17) is 16.3 Å². The molecule has 2 aliphatic heterocycles. The summed E-state index contributed by atoms with van der Waals surface area (Å²) in [4.78, 5) is 25.7. The van der Waals surface area contributed by atoms with E-state index in [0.29, 0.717) is 17.3 Å². The van der Waals surface area contributed by atoms with E-state index >= 15 is 0 Å². The fourth-order valence-electron chi connectivity index (χ4n) is 2.73. The monoisotopic (exact) mass is 279 g/mol. The Labute approximate surface area is 116 Å². The van der Waals surface area contributed by atoms with E-state index in [9.17, 15) is 9.59 Å². The first kappa shape index (κ1) is 12.6. The standard InChI is InChI=1S/C14H14ClNO3/c15-9-3-5-10(6-4-9)16-13(17)8-11(14(16)18)12-2-1-7-19-12/h3-6,11-12H,1-2,7-8H2/t11-,12+/m1/s1. The van der Waals surface area contributed by atoms with E-state index in [2.05, 4.69) is 0 Å². The Morgan fingerprint density at radius 2 is 1.95 bits per heavy atom. The number of ether oxygens (including phenoxy) is 1. The second-order valence-corrected chi connectivity index (χ2v) is 5.34. The van der Waals surface area contributed by atoms with Crippen molar-refractivity contribution in [2.75, 3.05) is 11.5 Å². The molecule has 4 nitrogen and oxygen atoms in total. The van der Waals surface area contributed by atoms with E-state index in [0.717, 1.165) is 12.8 Å². The second kappa shape index (κ2) is 4.94. The fourth-order valence-corrected chi connectivity index (χ4v) is 2.85. The molecule has 3 rings (SSSR count). The van der Waals surface area contributed by atoms with Gasteiger partial charge in [0, 0.05) is 18.1 Å². The zero-order valence-electron chi connectivity index (χ0n) is 10.3. The molecule has 0 aliphatic carbocycles. The van der Waals surface area contributed by atoms with Crippen molar-refractivity contribution in [1.82, 2.24) is 0 Å². The predicted molar refractivity (Wildman–Crippen MR) is 71.0 cm³/mol. The Hall–Kier alpha value is -1.39. The molecule has 1 aromatic rings. The first-order valence-corrected chi connectivity index (χ1v) is 6.78. The number of imide groups is 1. The Balaban J connectivity index is 1.84. The van der Waals surface area contributed by atoms with Crippen LogP contribution < -0.4 is 4.90 Å². The van der Waals surface area contributed by atoms with E-state index in [-0.39, 0.29) is 30.3 Å². The van der Waals surface area contributed by atoms with Crippen molar-refractivity contribution in [3.63, 3.8) is 0 Å². The molecular weight excluding hydrogens is 266 g/mol. The number of carbonyl (C=O) groups excluding carboxylic acids is 2. The molecule has 0 N–H and O–H groups in total. The van der Waals surface area contributed by atoms with Gasteiger partial charge in [0.2, 0.25) is 11.8 Å². The van der Waals surface area contributed by atoms with Gasteiger partial charge in [0.15, 0.2) is 0 Å². The van der Waals surface area contributed by atoms with Crippen molar-refractivity contribution in [2.45, 2.75) is 25.4 Å². The lowest BCUT2D eigenvalue weighted by Crippen LogP contribution is -2.33. The SMILES string of the molecule is O=C1C[C@H]([C@@H]2CCCO2)C(=O)N1c1ccc(Cl)cc1. The van der Waals surface area contributed by atoms with Crippen LogP contribution in [0.5, 0.6) is 0 Å². The molecule has 2 aliphatic rings. The lowest BCUT2D eigenvalue weighted by Gasteiger charge is -2.17. The van der Waals surface area contributed by atoms with Gasteiger partial charge in [0.05, 0.1) is 17.7 Å². The Morgan fingerprint density at radius 1 is 1.21 bits per heavy atom. The van der Waals surface area contributed by atoms with Gasteiger partial charge in [0.1, 0.15) is 0 Å². The quantitative estimate of drug-likeness (QED) is 0.781. The van der Waals surface area contributed by atoms with Crippen LogP contribution in [-0.2, 0) is 14.3 Å². The summed E-state index contributed by atoms with van der Waals surface area (Å²) < 4.78 is 5.54. The van der Waals surface area contributed by atoms with Gasteiger partial charge in [-0.2, -0.15) is 0 Å². The topological polar surface area (TPSA) is 46.6 Å². The van der Waals surface area contributed by atoms with Gasteiger partial charge in [-0.05, 0) is 37.1 Å². The van der Waals surface area contributed by atoms with Crippen LogP contribution in [0.3, 0.4) is 0 Å². The highest BCUT2D eigenvalue weighted by Gasteiger charge is 2.44. The average Bonchev–Trinajstić information content (AvgIpc) is 3.00. The molecular formula is C14H14ClNO3. The number of halogens is 1. The summed E-state index contributed by atoms with van der Waals surface area (Å²) in [5, 5.41) is 0.582. The van der Waals surface area contributed by atoms with Crippen molar-refractivity contribution in [1.29, 1.82) is 0 Å². The number of hydrogen-bond donors (Lipinski definition) is 0. The minimum atomic E-state index is -0.328. The molecule has 2 saturated heterocycles. The summed E-state index contributed by atoms with van der Waals surface area (Å²) in [7, 11) is 0. The summed E-state index contributed by atoms with van der Waals surface area (Å²) in [6, 6.07) is 6.74. The molecule has 2 fully saturated rings. The van der Waals surface area contributed by atoms with Crippen LogP contribution in [0.25, 0.3) is 0 Å². The Morgan fingerprint density at radius 3 is 2.58 bits per heavy atom. The van der Waals surface area contributed by atoms with E-state index in [1.165, 1.54) is 4.90 Å². The van der Waals surface area contributed by atoms with Gasteiger partial charge in [-0.15, -0.1) is 0 Å². The van der Waals surface area contributed by atoms with Crippen LogP contribution in [-0.4, -0.2) is 24.5 Å². The fraction of sp³-hybridized carbons (Fsp3) is 0.429. The number of nitrogens with zero attached hydrogens (tertiary/aromatic N) is 1. The number of benzene rings is 1. The normalized spacial score (nSPS) is 27.3. The number of carbonyl (C=O) groups is 2. The first-order valence-electron chi connectivity index (χ1n) is 6.41. The van der Waals surface area contributed by atoms with E-state index in [1.807, 2.05) is 0 Å². The van der Waals surface area contributed by atoms with Crippen LogP contribution in [0.2, 0.25) is 5.02 Å². The van der Waals surface area contributed by atoms with Crippen molar-refractivity contribution in [3.8, 4) is 0 Å². The largest absolute Gasteiger partial charge is 0.377 e. The molecule has 0 aromatic heterocycles. The third kappa shape index (κ3) is 2.26. The molecule has 0 unspecified atom stereocenters. The average molecular weight is 280 g/mol. The number of hydrogen-bond acceptors (Lipinski definition) is 3. The zero-order chi connectivity index (χ0) is 13.4. The predicted octanol–water partition coefficient (Wildman–Crippen LogP) is 2.40. The highest BCUT2D eigenvalue weighted by atomic mass is 35.5. The molecule has 2 atom stereocenters. The molecule has 100 valence electrons. The minimum absolute atomic E-state index is 0.103. The summed E-state index contributed by atoms with van der Waals surface area (Å²) in [6.45, 7) is 0.684. The summed E-state index contributed by atoms with van der Waals surface area (Å²) in [6.07, 6.45) is 1.96. The van der Waals surface area contributed by atoms with Gasteiger partial charge in [-0.1, -0.05) is 11.6 Å². The van der Waals surface area contributed by atoms with E-state index in [1.54, 1.807) is 24.3 Å². The van der Waals surface area contributed by atoms with E-state index < -0.39 is 0 Å². The first-order chi connectivity index (χ1) is 9.16. The second-order valence-electron chi connectivity index (χ2n) is 4.91. The number of anilines is 1. The number of amides is 2. The highest BCUT2D eigenvalue weighted by Crippen LogP contribution is 2.33. The maximum Gasteiger partial charge on any atom is 0.240 e. The smallest absolute Gasteiger partial charge is 0.240 e. The zero-order valence-corrected chi connectivity index (χ0v) is 11.1. The molecule has 0 radical (unpaired) electrons. The Bertz CT molecular complexity index is 508. The van der Waals surface area contributed by atoms with Gasteiger partial charge in [-0.25, -0.2) is 0 Å². The van der Waals surface area contributed by atoms with Crippen LogP contribution in [0.1, 0.15) is 19.3 Å². The van der Waals surface area contributed by atoms with Crippen molar-refractivity contribution in [3.05, 3.63) is 29.3 Å². The van der Waals surface area contributed by atoms with Crippen LogP contribution in [0.4, 0.5) is 5.69 Å². The maximum atomic E-state index is 12.4. The molecule has 0 bridgehead atoms. The molecule has 2 heterocycles. The van der Waals surface area contributed by atoms with Crippen molar-refractivity contribution >= 4 is 29.1 Å². The van der Waals surface area contributed by atoms with Crippen LogP contribution >= 0.6 is 11.6 Å². The van der Waals surface area contributed by atoms with Crippen molar-refractivity contribution in [2.24, 2.45) is 5.92 Å². The van der Waals surface area contributed by atoms with Crippen molar-refractivity contribution < 1.29 is 14.3 Å². The molecule has 0 saturated carbocycles. The summed E-state index contributed by atoms with van der Waals surface area (Å²) >= 11 is 5.82. The summed E-state index contributed by atoms with van der Waals surface area (Å²) in [5.41, 5.74) is 0.583. The van der Waals surface area contributed by atoms with Crippen LogP contribution in [0, 0.1) is 5.92 Å². The maximum absolute atomic E-state index is 12.4. The third-order valence-corrected chi connectivity index (χ3v) is 3.93.